The number of rotatable bonds is 3. The second-order valence-corrected chi connectivity index (χ2v) is 2.01. The van der Waals surface area contributed by atoms with Gasteiger partial charge in [-0.1, -0.05) is 13.8 Å². The van der Waals surface area contributed by atoms with Crippen LogP contribution in [-0.2, 0) is 0 Å². The van der Waals surface area contributed by atoms with Gasteiger partial charge in [0.25, 0.3) is 0 Å². The van der Waals surface area contributed by atoms with Crippen molar-refractivity contribution in [3.8, 4) is 0 Å². The summed E-state index contributed by atoms with van der Waals surface area (Å²) in [6.07, 6.45) is 0. The van der Waals surface area contributed by atoms with Crippen LogP contribution >= 0.6 is 0 Å². The normalized spacial score (nSPS) is 9.38. The van der Waals surface area contributed by atoms with E-state index in [0.29, 0.717) is 12.5 Å². The molecule has 48 valence electrons. The largest absolute Gasteiger partial charge is 0.235 e. The van der Waals surface area contributed by atoms with Crippen LogP contribution in [0.2, 0.25) is 0 Å². The van der Waals surface area contributed by atoms with E-state index in [2.05, 4.69) is 5.43 Å². The molecule has 0 aromatic rings. The van der Waals surface area contributed by atoms with Crippen molar-refractivity contribution in [2.45, 2.75) is 13.8 Å². The minimum Gasteiger partial charge on any atom is -0.235 e. The summed E-state index contributed by atoms with van der Waals surface area (Å²) in [6, 6.07) is 0. The predicted molar refractivity (Wildman–Crippen MR) is 29.8 cm³/mol. The molecule has 0 saturated heterocycles. The fourth-order valence-corrected chi connectivity index (χ4v) is 0.257. The topological polar surface area (TPSA) is 55.2 Å². The molecule has 0 spiro atoms. The van der Waals surface area contributed by atoms with Gasteiger partial charge < -0.3 is 0 Å². The fraction of sp³-hybridized carbons (Fsp3) is 1.00. The first-order chi connectivity index (χ1) is 3.63. The molecule has 0 unspecified atom stereocenters. The summed E-state index contributed by atoms with van der Waals surface area (Å²) in [5.41, 5.74) is 2.07. The second-order valence-electron chi connectivity index (χ2n) is 2.01. The van der Waals surface area contributed by atoms with Crippen molar-refractivity contribution in [3.63, 3.8) is 0 Å². The lowest BCUT2D eigenvalue weighted by atomic mass is 10.2. The molecule has 0 heterocycles. The van der Waals surface area contributed by atoms with Gasteiger partial charge in [0.05, 0.1) is 6.54 Å². The molecule has 0 bridgehead atoms. The Morgan fingerprint density at radius 3 is 2.38 bits per heavy atom. The highest BCUT2D eigenvalue weighted by Gasteiger charge is 1.95. The molecule has 0 aliphatic carbocycles. The summed E-state index contributed by atoms with van der Waals surface area (Å²) in [7, 11) is 0. The Kier molecular flexibility index (Phi) is 2.91. The van der Waals surface area contributed by atoms with Gasteiger partial charge >= 0.3 is 0 Å². The standard InChI is InChI=1S/C4H10N2O2/c1-4(2)3-5-6(7)8/h4-5H,3H2,1-2H3. The third kappa shape index (κ3) is 5.20. The minimum absolute atomic E-state index is 0.334. The molecular weight excluding hydrogens is 108 g/mol. The molecule has 0 radical (unpaired) electrons. The first-order valence-corrected chi connectivity index (χ1v) is 2.51. The second kappa shape index (κ2) is 3.23. The van der Waals surface area contributed by atoms with Crippen LogP contribution in [-0.4, -0.2) is 11.6 Å². The van der Waals surface area contributed by atoms with Gasteiger partial charge in [0.15, 0.2) is 5.03 Å². The molecule has 8 heavy (non-hydrogen) atoms. The molecule has 0 rings (SSSR count). The van der Waals surface area contributed by atoms with Crippen LogP contribution in [0.15, 0.2) is 0 Å². The molecule has 0 saturated carbocycles. The van der Waals surface area contributed by atoms with E-state index in [1.54, 1.807) is 0 Å². The van der Waals surface area contributed by atoms with Gasteiger partial charge in [-0.25, -0.2) is 10.1 Å². The van der Waals surface area contributed by atoms with Crippen LogP contribution in [0.4, 0.5) is 0 Å². The number of hydrazine groups is 1. The average Bonchev–Trinajstić information content (AvgIpc) is 1.61. The van der Waals surface area contributed by atoms with E-state index in [-0.39, 0.29) is 0 Å². The lowest BCUT2D eigenvalue weighted by molar-refractivity contribution is -0.545. The van der Waals surface area contributed by atoms with Crippen LogP contribution in [0.1, 0.15) is 13.8 Å². The summed E-state index contributed by atoms with van der Waals surface area (Å²) in [5.74, 6) is 0.334. The Morgan fingerprint density at radius 1 is 1.75 bits per heavy atom. The van der Waals surface area contributed by atoms with Gasteiger partial charge in [0.2, 0.25) is 0 Å². The zero-order valence-electron chi connectivity index (χ0n) is 5.05. The first-order valence-electron chi connectivity index (χ1n) is 2.51. The van der Waals surface area contributed by atoms with Gasteiger partial charge in [-0.3, -0.25) is 0 Å². The summed E-state index contributed by atoms with van der Waals surface area (Å²) in [4.78, 5) is 9.60. The van der Waals surface area contributed by atoms with E-state index in [1.807, 2.05) is 13.8 Å². The molecule has 4 nitrogen and oxygen atoms in total. The van der Waals surface area contributed by atoms with E-state index in [9.17, 15) is 10.1 Å². The summed E-state index contributed by atoms with van der Waals surface area (Å²) in [6.45, 7) is 4.26. The first kappa shape index (κ1) is 7.20. The van der Waals surface area contributed by atoms with Crippen LogP contribution in [0.3, 0.4) is 0 Å². The maximum Gasteiger partial charge on any atom is 0.157 e. The Labute approximate surface area is 48.0 Å². The smallest absolute Gasteiger partial charge is 0.157 e. The fourth-order valence-electron chi connectivity index (χ4n) is 0.257. The Hall–Kier alpha value is -0.800. The molecule has 0 fully saturated rings. The monoisotopic (exact) mass is 118 g/mol. The molecule has 0 aliphatic rings. The number of nitro groups is 1. The molecule has 0 atom stereocenters. The molecule has 1 N–H and O–H groups in total. The van der Waals surface area contributed by atoms with Crippen LogP contribution in [0.25, 0.3) is 0 Å². The van der Waals surface area contributed by atoms with Crippen molar-refractivity contribution in [1.29, 1.82) is 0 Å². The van der Waals surface area contributed by atoms with E-state index < -0.39 is 5.03 Å². The van der Waals surface area contributed by atoms with E-state index >= 15 is 0 Å². The summed E-state index contributed by atoms with van der Waals surface area (Å²) < 4.78 is 0. The predicted octanol–water partition coefficient (Wildman–Crippen LogP) is 0.424. The van der Waals surface area contributed by atoms with Crippen molar-refractivity contribution >= 4 is 0 Å². The third-order valence-corrected chi connectivity index (χ3v) is 0.629. The van der Waals surface area contributed by atoms with Crippen LogP contribution in [0, 0.1) is 16.0 Å². The molecular formula is C4H10N2O2. The maximum absolute atomic E-state index is 9.60. The summed E-state index contributed by atoms with van der Waals surface area (Å²) >= 11 is 0. The molecule has 4 heteroatoms. The summed E-state index contributed by atoms with van der Waals surface area (Å²) in [5, 5.41) is 9.07. The zero-order chi connectivity index (χ0) is 6.57. The Bertz CT molecular complexity index is 82.1. The highest BCUT2D eigenvalue weighted by atomic mass is 16.7. The van der Waals surface area contributed by atoms with Gasteiger partial charge in [-0.15, -0.1) is 5.43 Å². The minimum atomic E-state index is -0.528. The van der Waals surface area contributed by atoms with E-state index in [1.165, 1.54) is 0 Å². The number of nitrogens with zero attached hydrogens (tertiary/aromatic N) is 1. The molecule has 0 amide bonds. The number of hydrogen-bond acceptors (Lipinski definition) is 2. The van der Waals surface area contributed by atoms with Crippen molar-refractivity contribution in [2.24, 2.45) is 5.92 Å². The van der Waals surface area contributed by atoms with Gasteiger partial charge in [-0.05, 0) is 5.92 Å². The molecule has 0 aliphatic heterocycles. The number of nitrogens with one attached hydrogen (secondary N) is 1. The maximum atomic E-state index is 9.60. The van der Waals surface area contributed by atoms with Crippen molar-refractivity contribution in [2.75, 3.05) is 6.54 Å². The van der Waals surface area contributed by atoms with Crippen LogP contribution < -0.4 is 5.43 Å². The average molecular weight is 118 g/mol. The lowest BCUT2D eigenvalue weighted by Crippen LogP contribution is -2.25. The van der Waals surface area contributed by atoms with Crippen LogP contribution in [0.5, 0.6) is 0 Å². The van der Waals surface area contributed by atoms with Crippen molar-refractivity contribution < 1.29 is 5.03 Å². The molecule has 0 aromatic heterocycles. The van der Waals surface area contributed by atoms with Gasteiger partial charge in [0, 0.05) is 0 Å². The Balaban J connectivity index is 3.05. The molecule has 0 aromatic carbocycles. The SMILES string of the molecule is CC(C)CN[N+](=O)[O-]. The quantitative estimate of drug-likeness (QED) is 0.431. The highest BCUT2D eigenvalue weighted by molar-refractivity contribution is 4.40. The van der Waals surface area contributed by atoms with Gasteiger partial charge in [-0.2, -0.15) is 0 Å². The van der Waals surface area contributed by atoms with Crippen molar-refractivity contribution in [3.05, 3.63) is 10.1 Å². The third-order valence-electron chi connectivity index (χ3n) is 0.629. The van der Waals surface area contributed by atoms with Crippen molar-refractivity contribution in [1.82, 2.24) is 5.43 Å². The number of hydrogen-bond donors (Lipinski definition) is 1. The zero-order valence-corrected chi connectivity index (χ0v) is 5.05. The van der Waals surface area contributed by atoms with E-state index in [0.717, 1.165) is 0 Å². The Morgan fingerprint density at radius 2 is 2.25 bits per heavy atom. The van der Waals surface area contributed by atoms with E-state index in [4.69, 9.17) is 0 Å². The highest BCUT2D eigenvalue weighted by Crippen LogP contribution is 1.85. The lowest BCUT2D eigenvalue weighted by Gasteiger charge is -1.98. The van der Waals surface area contributed by atoms with Gasteiger partial charge in [0.1, 0.15) is 0 Å².